The zero-order chi connectivity index (χ0) is 10.9. The number of nitrogens with two attached hydrogens (primary N) is 1. The molecule has 0 fully saturated rings. The molecule has 0 spiro atoms. The summed E-state index contributed by atoms with van der Waals surface area (Å²) in [6.07, 6.45) is -3.94. The summed E-state index contributed by atoms with van der Waals surface area (Å²) in [7, 11) is 0. The van der Waals surface area contributed by atoms with Crippen LogP contribution in [-0.4, -0.2) is 28.2 Å². The van der Waals surface area contributed by atoms with Crippen molar-refractivity contribution in [3.8, 4) is 0 Å². The number of hydrogen-bond acceptors (Lipinski definition) is 3. The second-order valence-corrected chi connectivity index (χ2v) is 1.47. The summed E-state index contributed by atoms with van der Waals surface area (Å²) in [5.41, 5.74) is 4.81. The van der Waals surface area contributed by atoms with E-state index in [1.165, 1.54) is 0 Å². The molecular weight excluding hydrogens is 138 g/mol. The van der Waals surface area contributed by atoms with Crippen molar-refractivity contribution in [3.63, 3.8) is 0 Å². The van der Waals surface area contributed by atoms with Gasteiger partial charge < -0.3 is 15.9 Å². The molecule has 0 amide bonds. The lowest BCUT2D eigenvalue weighted by atomic mass is 10.2. The van der Waals surface area contributed by atoms with Gasteiger partial charge in [0.2, 0.25) is 0 Å². The Balaban J connectivity index is 4.80. The van der Waals surface area contributed by atoms with E-state index in [0.29, 0.717) is 0 Å². The van der Waals surface area contributed by atoms with E-state index < -0.39 is 30.8 Å². The summed E-state index contributed by atoms with van der Waals surface area (Å²) in [5.74, 6) is -3.45. The first-order chi connectivity index (χ1) is 5.61. The largest absolute Gasteiger partial charge is 0.481 e. The highest BCUT2D eigenvalue weighted by Gasteiger charge is 2.12. The molecule has 1 atom stereocenters. The molecular formula is C5H9NO4. The molecule has 0 saturated carbocycles. The van der Waals surface area contributed by atoms with Crippen molar-refractivity contribution in [3.05, 3.63) is 0 Å². The van der Waals surface area contributed by atoms with Gasteiger partial charge in [0, 0.05) is 9.16 Å². The van der Waals surface area contributed by atoms with Gasteiger partial charge in [-0.1, -0.05) is 0 Å². The van der Waals surface area contributed by atoms with Gasteiger partial charge in [-0.3, -0.25) is 9.59 Å². The molecule has 0 saturated heterocycles. The average molecular weight is 150 g/mol. The standard InChI is InChI=1S/C5H9NO4/c6-3(5(9)10)1-2-4(7)8/h3H,1-2,6H2,(H,7,8)(H,9,10)/t3-/m1/s1/i1D2,3D. The molecule has 0 heterocycles. The first-order valence-corrected chi connectivity index (χ1v) is 2.35. The molecule has 0 bridgehead atoms. The van der Waals surface area contributed by atoms with Crippen LogP contribution in [0.2, 0.25) is 0 Å². The lowest BCUT2D eigenvalue weighted by Crippen LogP contribution is -2.30. The Bertz CT molecular complexity index is 240. The van der Waals surface area contributed by atoms with Crippen LogP contribution in [0.3, 0.4) is 0 Å². The van der Waals surface area contributed by atoms with E-state index in [1.54, 1.807) is 0 Å². The number of hydrogen-bond donors (Lipinski definition) is 3. The molecule has 10 heavy (non-hydrogen) atoms. The molecule has 0 aromatic carbocycles. The van der Waals surface area contributed by atoms with Crippen molar-refractivity contribution in [1.82, 2.24) is 0 Å². The van der Waals surface area contributed by atoms with Gasteiger partial charge in [-0.05, 0) is 6.37 Å². The summed E-state index contributed by atoms with van der Waals surface area (Å²) in [5, 5.41) is 16.6. The highest BCUT2D eigenvalue weighted by molar-refractivity contribution is 5.74. The molecule has 0 aromatic heterocycles. The highest BCUT2D eigenvalue weighted by atomic mass is 16.4. The van der Waals surface area contributed by atoms with Crippen LogP contribution in [0, 0.1) is 0 Å². The number of carboxylic acids is 2. The summed E-state index contributed by atoms with van der Waals surface area (Å²) in [6, 6.07) is -2.95. The Morgan fingerprint density at radius 3 is 2.50 bits per heavy atom. The third-order valence-corrected chi connectivity index (χ3v) is 0.660. The van der Waals surface area contributed by atoms with Gasteiger partial charge in [0.15, 0.2) is 0 Å². The molecule has 0 aliphatic carbocycles. The molecule has 5 heteroatoms. The van der Waals surface area contributed by atoms with Crippen LogP contribution >= 0.6 is 0 Å². The van der Waals surface area contributed by atoms with Crippen LogP contribution in [0.4, 0.5) is 0 Å². The van der Waals surface area contributed by atoms with Crippen LogP contribution < -0.4 is 5.73 Å². The van der Waals surface area contributed by atoms with Gasteiger partial charge in [-0.25, -0.2) is 0 Å². The van der Waals surface area contributed by atoms with E-state index >= 15 is 0 Å². The molecule has 0 rings (SSSR count). The zero-order valence-corrected chi connectivity index (χ0v) is 5.00. The predicted molar refractivity (Wildman–Crippen MR) is 32.5 cm³/mol. The predicted octanol–water partition coefficient (Wildman–Crippen LogP) is -0.737. The molecule has 0 aromatic rings. The monoisotopic (exact) mass is 150 g/mol. The molecule has 0 unspecified atom stereocenters. The molecule has 4 N–H and O–H groups in total. The van der Waals surface area contributed by atoms with E-state index in [-0.39, 0.29) is 0 Å². The summed E-state index contributed by atoms with van der Waals surface area (Å²) in [6.45, 7) is 0. The quantitative estimate of drug-likeness (QED) is 0.490. The van der Waals surface area contributed by atoms with Crippen molar-refractivity contribution in [2.45, 2.75) is 18.8 Å². The van der Waals surface area contributed by atoms with Gasteiger partial charge >= 0.3 is 11.9 Å². The van der Waals surface area contributed by atoms with E-state index in [0.717, 1.165) is 0 Å². The van der Waals surface area contributed by atoms with Crippen molar-refractivity contribution in [2.75, 3.05) is 0 Å². The minimum absolute atomic E-state index is 1.13. The molecule has 0 aliphatic rings. The van der Waals surface area contributed by atoms with E-state index in [1.807, 2.05) is 0 Å². The summed E-state index contributed by atoms with van der Waals surface area (Å²) >= 11 is 0. The van der Waals surface area contributed by atoms with Gasteiger partial charge in [-0.2, -0.15) is 0 Å². The fourth-order valence-corrected chi connectivity index (χ4v) is 0.246. The minimum atomic E-state index is -2.95. The first kappa shape index (κ1) is 4.68. The molecule has 5 nitrogen and oxygen atoms in total. The Morgan fingerprint density at radius 2 is 2.20 bits per heavy atom. The molecule has 0 aliphatic heterocycles. The number of rotatable bonds is 4. The Morgan fingerprint density at radius 1 is 1.70 bits per heavy atom. The van der Waals surface area contributed by atoms with Crippen LogP contribution in [0.25, 0.3) is 0 Å². The third kappa shape index (κ3) is 3.85. The van der Waals surface area contributed by atoms with Gasteiger partial charge in [-0.15, -0.1) is 0 Å². The van der Waals surface area contributed by atoms with Crippen LogP contribution in [0.5, 0.6) is 0 Å². The first-order valence-electron chi connectivity index (χ1n) is 3.85. The number of aliphatic carboxylic acids is 2. The van der Waals surface area contributed by atoms with Crippen molar-refractivity contribution in [1.29, 1.82) is 0 Å². The average Bonchev–Trinajstić information content (AvgIpc) is 1.83. The second kappa shape index (κ2) is 3.84. The Labute approximate surface area is 61.7 Å². The van der Waals surface area contributed by atoms with Gasteiger partial charge in [0.1, 0.15) is 6.02 Å². The van der Waals surface area contributed by atoms with E-state index in [9.17, 15) is 9.59 Å². The summed E-state index contributed by atoms with van der Waals surface area (Å²) in [4.78, 5) is 20.4. The van der Waals surface area contributed by atoms with E-state index in [4.69, 9.17) is 20.1 Å². The van der Waals surface area contributed by atoms with Gasteiger partial charge in [0.05, 0.1) is 1.37 Å². The van der Waals surface area contributed by atoms with Crippen LogP contribution in [-0.2, 0) is 9.59 Å². The Hall–Kier alpha value is -1.10. The smallest absolute Gasteiger partial charge is 0.320 e. The Kier molecular flexibility index (Phi) is 1.79. The SMILES string of the molecule is [2H]C([2H])(CC(=O)O)[C@@]([2H])(N)C(=O)O. The number of carbonyl (C=O) groups is 2. The fourth-order valence-electron chi connectivity index (χ4n) is 0.246. The maximum Gasteiger partial charge on any atom is 0.320 e. The van der Waals surface area contributed by atoms with Crippen molar-refractivity contribution < 1.29 is 23.9 Å². The van der Waals surface area contributed by atoms with Crippen LogP contribution in [0.15, 0.2) is 0 Å². The maximum absolute atomic E-state index is 10.3. The second-order valence-electron chi connectivity index (χ2n) is 1.47. The minimum Gasteiger partial charge on any atom is -0.481 e. The highest BCUT2D eigenvalue weighted by Crippen LogP contribution is 1.93. The van der Waals surface area contributed by atoms with E-state index in [2.05, 4.69) is 0 Å². The maximum atomic E-state index is 10.3. The van der Waals surface area contributed by atoms with Crippen molar-refractivity contribution >= 4 is 11.9 Å². The van der Waals surface area contributed by atoms with Crippen LogP contribution in [0.1, 0.15) is 16.9 Å². The van der Waals surface area contributed by atoms with Crippen molar-refractivity contribution in [2.24, 2.45) is 5.73 Å². The summed E-state index contributed by atoms with van der Waals surface area (Å²) < 4.78 is 20.9. The lowest BCUT2D eigenvalue weighted by Gasteiger charge is -2.01. The molecule has 58 valence electrons. The lowest BCUT2D eigenvalue weighted by molar-refractivity contribution is -0.139. The topological polar surface area (TPSA) is 101 Å². The zero-order valence-electron chi connectivity index (χ0n) is 8.00. The fraction of sp³-hybridized carbons (Fsp3) is 0.600. The molecule has 0 radical (unpaired) electrons. The third-order valence-electron chi connectivity index (χ3n) is 0.660. The number of carboxylic acid groups (broad SMARTS) is 2. The normalized spacial score (nSPS) is 21.5. The van der Waals surface area contributed by atoms with Gasteiger partial charge in [0.25, 0.3) is 0 Å².